The minimum atomic E-state index is -0.563. The number of ether oxygens (including phenoxy) is 1. The molecule has 0 saturated carbocycles. The van der Waals surface area contributed by atoms with E-state index in [9.17, 15) is 14.4 Å². The number of nitrogens with one attached hydrogen (secondary N) is 1. The zero-order valence-corrected chi connectivity index (χ0v) is 12.1. The molecule has 0 unspecified atom stereocenters. The summed E-state index contributed by atoms with van der Waals surface area (Å²) < 4.78 is 6.19. The van der Waals surface area contributed by atoms with E-state index >= 15 is 0 Å². The molecule has 2 rings (SSSR count). The minimum absolute atomic E-state index is 0.137. The van der Waals surface area contributed by atoms with Crippen LogP contribution >= 0.6 is 0 Å². The van der Waals surface area contributed by atoms with Gasteiger partial charge in [-0.05, 0) is 37.3 Å². The molecule has 1 N–H and O–H groups in total. The molecule has 6 heteroatoms. The third-order valence-electron chi connectivity index (χ3n) is 2.86. The lowest BCUT2D eigenvalue weighted by Gasteiger charge is -2.08. The van der Waals surface area contributed by atoms with Crippen LogP contribution in [0.25, 0.3) is 5.69 Å². The zero-order chi connectivity index (χ0) is 15.9. The highest BCUT2D eigenvalue weighted by atomic mass is 16.5. The standard InChI is InChI=1S/C16H16N2O4/c1-2-22-16(21)11-14(19)17-12-6-8-13(9-7-12)18-10-4-3-5-15(18)20/h3-10H,2,11H2,1H3,(H,17,19). The minimum Gasteiger partial charge on any atom is -0.466 e. The van der Waals surface area contributed by atoms with Crippen LogP contribution in [-0.4, -0.2) is 23.1 Å². The first kappa shape index (κ1) is 15.5. The van der Waals surface area contributed by atoms with E-state index in [1.165, 1.54) is 10.6 Å². The first-order valence-electron chi connectivity index (χ1n) is 6.83. The van der Waals surface area contributed by atoms with Crippen LogP contribution in [0.15, 0.2) is 53.5 Å². The van der Waals surface area contributed by atoms with Crippen molar-refractivity contribution in [1.29, 1.82) is 0 Å². The van der Waals surface area contributed by atoms with Crippen molar-refractivity contribution in [3.8, 4) is 5.69 Å². The van der Waals surface area contributed by atoms with E-state index in [-0.39, 0.29) is 18.6 Å². The lowest BCUT2D eigenvalue weighted by Crippen LogP contribution is -2.18. The highest BCUT2D eigenvalue weighted by molar-refractivity contribution is 6.01. The first-order valence-corrected chi connectivity index (χ1v) is 6.83. The molecule has 2 aromatic rings. The summed E-state index contributed by atoms with van der Waals surface area (Å²) in [7, 11) is 0. The molecule has 0 bridgehead atoms. The van der Waals surface area contributed by atoms with E-state index in [0.717, 1.165) is 0 Å². The summed E-state index contributed by atoms with van der Waals surface area (Å²) in [5, 5.41) is 2.60. The Balaban J connectivity index is 2.04. The summed E-state index contributed by atoms with van der Waals surface area (Å²) in [6.07, 6.45) is 1.34. The number of carbonyl (C=O) groups excluding carboxylic acids is 2. The van der Waals surface area contributed by atoms with Crippen molar-refractivity contribution >= 4 is 17.6 Å². The number of amides is 1. The van der Waals surface area contributed by atoms with Crippen molar-refractivity contribution in [2.24, 2.45) is 0 Å². The van der Waals surface area contributed by atoms with Gasteiger partial charge >= 0.3 is 5.97 Å². The summed E-state index contributed by atoms with van der Waals surface area (Å²) in [6.45, 7) is 1.92. The van der Waals surface area contributed by atoms with Gasteiger partial charge in [-0.3, -0.25) is 19.0 Å². The number of anilines is 1. The molecule has 0 aliphatic heterocycles. The van der Waals surface area contributed by atoms with Gasteiger partial charge in [0.2, 0.25) is 5.91 Å². The fraction of sp³-hybridized carbons (Fsp3) is 0.188. The number of hydrogen-bond acceptors (Lipinski definition) is 4. The second-order valence-corrected chi connectivity index (χ2v) is 4.49. The van der Waals surface area contributed by atoms with Gasteiger partial charge in [-0.25, -0.2) is 0 Å². The molecular formula is C16H16N2O4. The Kier molecular flexibility index (Phi) is 5.08. The number of benzene rings is 1. The Morgan fingerprint density at radius 1 is 1.14 bits per heavy atom. The Morgan fingerprint density at radius 2 is 1.86 bits per heavy atom. The van der Waals surface area contributed by atoms with Crippen molar-refractivity contribution in [3.05, 3.63) is 59.0 Å². The number of carbonyl (C=O) groups is 2. The summed E-state index contributed by atoms with van der Waals surface area (Å²) in [6, 6.07) is 11.6. The lowest BCUT2D eigenvalue weighted by molar-refractivity contribution is -0.145. The number of nitrogens with zero attached hydrogens (tertiary/aromatic N) is 1. The fourth-order valence-corrected chi connectivity index (χ4v) is 1.89. The van der Waals surface area contributed by atoms with Crippen LogP contribution in [0.4, 0.5) is 5.69 Å². The van der Waals surface area contributed by atoms with Crippen molar-refractivity contribution in [3.63, 3.8) is 0 Å². The van der Waals surface area contributed by atoms with Crippen LogP contribution in [0.2, 0.25) is 0 Å². The van der Waals surface area contributed by atoms with Gasteiger partial charge in [-0.15, -0.1) is 0 Å². The van der Waals surface area contributed by atoms with Gasteiger partial charge in [0.05, 0.1) is 6.61 Å². The number of hydrogen-bond donors (Lipinski definition) is 1. The normalized spacial score (nSPS) is 10.0. The van der Waals surface area contributed by atoms with Crippen LogP contribution in [0.1, 0.15) is 13.3 Å². The molecule has 1 aromatic heterocycles. The monoisotopic (exact) mass is 300 g/mol. The van der Waals surface area contributed by atoms with Gasteiger partial charge in [0.25, 0.3) is 5.56 Å². The van der Waals surface area contributed by atoms with Crippen molar-refractivity contribution in [1.82, 2.24) is 4.57 Å². The van der Waals surface area contributed by atoms with E-state index in [0.29, 0.717) is 11.4 Å². The molecule has 1 heterocycles. The third-order valence-corrected chi connectivity index (χ3v) is 2.86. The molecule has 0 aliphatic carbocycles. The van der Waals surface area contributed by atoms with Gasteiger partial charge in [0.15, 0.2) is 0 Å². The summed E-state index contributed by atoms with van der Waals surface area (Å²) in [4.78, 5) is 34.5. The Labute approximate surface area is 127 Å². The quantitative estimate of drug-likeness (QED) is 0.674. The summed E-state index contributed by atoms with van der Waals surface area (Å²) >= 11 is 0. The molecule has 0 aliphatic rings. The van der Waals surface area contributed by atoms with E-state index in [1.807, 2.05) is 0 Å². The lowest BCUT2D eigenvalue weighted by atomic mass is 10.2. The van der Waals surface area contributed by atoms with Crippen molar-refractivity contribution in [2.75, 3.05) is 11.9 Å². The van der Waals surface area contributed by atoms with Crippen molar-refractivity contribution < 1.29 is 14.3 Å². The largest absolute Gasteiger partial charge is 0.466 e. The molecule has 0 spiro atoms. The molecule has 6 nitrogen and oxygen atoms in total. The molecule has 0 saturated heterocycles. The molecule has 1 aromatic carbocycles. The highest BCUT2D eigenvalue weighted by Gasteiger charge is 2.10. The van der Waals surface area contributed by atoms with Gasteiger partial charge in [0.1, 0.15) is 6.42 Å². The second kappa shape index (κ2) is 7.21. The van der Waals surface area contributed by atoms with Crippen molar-refractivity contribution in [2.45, 2.75) is 13.3 Å². The van der Waals surface area contributed by atoms with Crippen LogP contribution in [0, 0.1) is 0 Å². The maximum absolute atomic E-state index is 11.7. The molecule has 22 heavy (non-hydrogen) atoms. The van der Waals surface area contributed by atoms with E-state index in [1.54, 1.807) is 49.5 Å². The number of aromatic nitrogens is 1. The number of esters is 1. The van der Waals surface area contributed by atoms with Gasteiger partial charge in [-0.2, -0.15) is 0 Å². The molecule has 0 fully saturated rings. The maximum atomic E-state index is 11.7. The number of rotatable bonds is 5. The smallest absolute Gasteiger partial charge is 0.315 e. The Morgan fingerprint density at radius 3 is 2.50 bits per heavy atom. The predicted molar refractivity (Wildman–Crippen MR) is 81.9 cm³/mol. The second-order valence-electron chi connectivity index (χ2n) is 4.49. The van der Waals surface area contributed by atoms with E-state index in [2.05, 4.69) is 5.32 Å². The Hall–Kier alpha value is -2.89. The molecule has 114 valence electrons. The van der Waals surface area contributed by atoms with Crippen LogP contribution in [0.3, 0.4) is 0 Å². The third kappa shape index (κ3) is 4.05. The van der Waals surface area contributed by atoms with Gasteiger partial charge < -0.3 is 10.1 Å². The molecular weight excluding hydrogens is 284 g/mol. The molecule has 0 atom stereocenters. The average molecular weight is 300 g/mol. The predicted octanol–water partition coefficient (Wildman–Crippen LogP) is 1.73. The highest BCUT2D eigenvalue weighted by Crippen LogP contribution is 2.12. The topological polar surface area (TPSA) is 77.4 Å². The molecule has 0 radical (unpaired) electrons. The van der Waals surface area contributed by atoms with Crippen LogP contribution < -0.4 is 10.9 Å². The Bertz CT molecular complexity index is 719. The van der Waals surface area contributed by atoms with Gasteiger partial charge in [0, 0.05) is 23.6 Å². The van der Waals surface area contributed by atoms with Gasteiger partial charge in [-0.1, -0.05) is 6.07 Å². The molecule has 1 amide bonds. The SMILES string of the molecule is CCOC(=O)CC(=O)Nc1ccc(-n2ccccc2=O)cc1. The average Bonchev–Trinajstić information content (AvgIpc) is 2.49. The van der Waals surface area contributed by atoms with Crippen LogP contribution in [-0.2, 0) is 14.3 Å². The first-order chi connectivity index (χ1) is 10.6. The van der Waals surface area contributed by atoms with Crippen LogP contribution in [0.5, 0.6) is 0 Å². The number of pyridine rings is 1. The fourth-order valence-electron chi connectivity index (χ4n) is 1.89. The van der Waals surface area contributed by atoms with E-state index < -0.39 is 11.9 Å². The summed E-state index contributed by atoms with van der Waals surface area (Å²) in [5.41, 5.74) is 1.10. The maximum Gasteiger partial charge on any atom is 0.315 e. The van der Waals surface area contributed by atoms with E-state index in [4.69, 9.17) is 4.74 Å². The zero-order valence-electron chi connectivity index (χ0n) is 12.1. The summed E-state index contributed by atoms with van der Waals surface area (Å²) in [5.74, 6) is -1.00.